The average molecular weight is 291 g/mol. The molecule has 22 heavy (non-hydrogen) atoms. The topological polar surface area (TPSA) is 29.1 Å². The first-order chi connectivity index (χ1) is 10.7. The molecule has 0 saturated carbocycles. The van der Waals surface area contributed by atoms with E-state index in [-0.39, 0.29) is 5.91 Å². The lowest BCUT2D eigenvalue weighted by molar-refractivity contribution is 0.102. The van der Waals surface area contributed by atoms with E-state index in [4.69, 9.17) is 0 Å². The summed E-state index contributed by atoms with van der Waals surface area (Å²) < 4.78 is 13.3. The van der Waals surface area contributed by atoms with Crippen LogP contribution in [0.5, 0.6) is 0 Å². The second-order valence-electron chi connectivity index (χ2n) is 5.58. The van der Waals surface area contributed by atoms with Crippen molar-refractivity contribution >= 4 is 22.4 Å². The van der Waals surface area contributed by atoms with Crippen molar-refractivity contribution in [1.29, 1.82) is 0 Å². The molecular weight excluding hydrogens is 277 g/mol. The van der Waals surface area contributed by atoms with Gasteiger partial charge in [-0.3, -0.25) is 4.79 Å². The lowest BCUT2D eigenvalue weighted by Crippen LogP contribution is -2.12. The molecule has 108 valence electrons. The molecule has 0 radical (unpaired) electrons. The second kappa shape index (κ2) is 4.95. The predicted octanol–water partition coefficient (Wildman–Crippen LogP) is 4.33. The van der Waals surface area contributed by atoms with E-state index in [1.807, 2.05) is 18.2 Å². The van der Waals surface area contributed by atoms with Gasteiger partial charge >= 0.3 is 0 Å². The fourth-order valence-electron chi connectivity index (χ4n) is 3.18. The Hall–Kier alpha value is -2.68. The zero-order valence-electron chi connectivity index (χ0n) is 11.9. The van der Waals surface area contributed by atoms with Crippen molar-refractivity contribution in [2.75, 3.05) is 5.32 Å². The van der Waals surface area contributed by atoms with Crippen LogP contribution < -0.4 is 5.32 Å². The van der Waals surface area contributed by atoms with Gasteiger partial charge in [-0.25, -0.2) is 4.39 Å². The van der Waals surface area contributed by atoms with Crippen LogP contribution in [0.4, 0.5) is 10.1 Å². The molecule has 0 aromatic heterocycles. The minimum atomic E-state index is -0.409. The van der Waals surface area contributed by atoms with Crippen molar-refractivity contribution in [1.82, 2.24) is 0 Å². The van der Waals surface area contributed by atoms with Gasteiger partial charge in [0.25, 0.3) is 5.91 Å². The van der Waals surface area contributed by atoms with E-state index in [2.05, 4.69) is 17.4 Å². The van der Waals surface area contributed by atoms with Crippen molar-refractivity contribution in [3.05, 3.63) is 77.1 Å². The van der Waals surface area contributed by atoms with Gasteiger partial charge in [-0.05, 0) is 53.6 Å². The Morgan fingerprint density at radius 3 is 2.55 bits per heavy atom. The maximum Gasteiger partial charge on any atom is 0.255 e. The summed E-state index contributed by atoms with van der Waals surface area (Å²) in [4.78, 5) is 12.3. The third-order valence-electron chi connectivity index (χ3n) is 4.21. The molecule has 0 spiro atoms. The average Bonchev–Trinajstić information content (AvgIpc) is 2.95. The SMILES string of the molecule is O=C(Nc1ccc2c3c(cccc13)CC2)c1cccc(F)c1. The van der Waals surface area contributed by atoms with Crippen molar-refractivity contribution in [3.63, 3.8) is 0 Å². The number of amides is 1. The number of carbonyl (C=O) groups excluding carboxylic acids is 1. The summed E-state index contributed by atoms with van der Waals surface area (Å²) in [6.45, 7) is 0. The molecule has 1 aliphatic rings. The Bertz CT molecular complexity index is 891. The molecule has 1 aliphatic carbocycles. The smallest absolute Gasteiger partial charge is 0.255 e. The summed E-state index contributed by atoms with van der Waals surface area (Å²) in [5.41, 5.74) is 3.75. The lowest BCUT2D eigenvalue weighted by Gasteiger charge is -2.10. The van der Waals surface area contributed by atoms with Crippen LogP contribution in [0.2, 0.25) is 0 Å². The predicted molar refractivity (Wildman–Crippen MR) is 85.7 cm³/mol. The molecule has 2 nitrogen and oxygen atoms in total. The van der Waals surface area contributed by atoms with E-state index in [9.17, 15) is 9.18 Å². The number of aryl methyl sites for hydroxylation is 2. The molecule has 1 N–H and O–H groups in total. The van der Waals surface area contributed by atoms with E-state index >= 15 is 0 Å². The van der Waals surface area contributed by atoms with Gasteiger partial charge in [-0.1, -0.05) is 30.3 Å². The lowest BCUT2D eigenvalue weighted by atomic mass is 10.0. The molecule has 0 fully saturated rings. The van der Waals surface area contributed by atoms with E-state index in [0.29, 0.717) is 5.56 Å². The standard InChI is InChI=1S/C19H14FNO/c20-15-5-1-4-14(11-15)19(22)21-17-10-9-13-8-7-12-3-2-6-16(17)18(12)13/h1-6,9-11H,7-8H2,(H,21,22). The minimum absolute atomic E-state index is 0.293. The maximum atomic E-state index is 13.3. The highest BCUT2D eigenvalue weighted by Gasteiger charge is 2.17. The van der Waals surface area contributed by atoms with Crippen LogP contribution in [-0.2, 0) is 12.8 Å². The van der Waals surface area contributed by atoms with Gasteiger partial charge in [0.05, 0.1) is 0 Å². The third kappa shape index (κ3) is 2.06. The van der Waals surface area contributed by atoms with Crippen LogP contribution in [0, 0.1) is 5.82 Å². The highest BCUT2D eigenvalue weighted by molar-refractivity contribution is 6.10. The number of hydrogen-bond acceptors (Lipinski definition) is 1. The summed E-state index contributed by atoms with van der Waals surface area (Å²) in [5, 5.41) is 5.21. The number of carbonyl (C=O) groups is 1. The molecule has 3 aromatic rings. The Labute approximate surface area is 127 Å². The number of benzene rings is 3. The Morgan fingerprint density at radius 2 is 1.73 bits per heavy atom. The maximum absolute atomic E-state index is 13.3. The van der Waals surface area contributed by atoms with Crippen molar-refractivity contribution in [2.45, 2.75) is 12.8 Å². The van der Waals surface area contributed by atoms with Crippen molar-refractivity contribution < 1.29 is 9.18 Å². The molecule has 0 bridgehead atoms. The number of nitrogens with one attached hydrogen (secondary N) is 1. The molecule has 4 rings (SSSR count). The summed E-state index contributed by atoms with van der Waals surface area (Å²) in [6, 6.07) is 15.9. The van der Waals surface area contributed by atoms with Gasteiger partial charge in [0, 0.05) is 16.6 Å². The monoisotopic (exact) mass is 291 g/mol. The third-order valence-corrected chi connectivity index (χ3v) is 4.21. The molecule has 3 aromatic carbocycles. The highest BCUT2D eigenvalue weighted by Crippen LogP contribution is 2.35. The second-order valence-corrected chi connectivity index (χ2v) is 5.58. The Kier molecular flexibility index (Phi) is 2.93. The van der Waals surface area contributed by atoms with Crippen molar-refractivity contribution in [2.24, 2.45) is 0 Å². The normalized spacial score (nSPS) is 12.6. The number of halogens is 1. The molecular formula is C19H14FNO. The van der Waals surface area contributed by atoms with Gasteiger partial charge in [0.15, 0.2) is 0 Å². The van der Waals surface area contributed by atoms with Crippen LogP contribution >= 0.6 is 0 Å². The summed E-state index contributed by atoms with van der Waals surface area (Å²) in [5.74, 6) is -0.703. The largest absolute Gasteiger partial charge is 0.321 e. The minimum Gasteiger partial charge on any atom is -0.321 e. The first-order valence-corrected chi connectivity index (χ1v) is 7.33. The van der Waals surface area contributed by atoms with E-state index in [0.717, 1.165) is 23.9 Å². The quantitative estimate of drug-likeness (QED) is 0.748. The Morgan fingerprint density at radius 1 is 0.955 bits per heavy atom. The van der Waals surface area contributed by atoms with Crippen molar-refractivity contribution in [3.8, 4) is 0 Å². The molecule has 0 aliphatic heterocycles. The summed E-state index contributed by atoms with van der Waals surface area (Å²) in [7, 11) is 0. The van der Waals surface area contributed by atoms with E-state index in [1.165, 1.54) is 34.7 Å². The first kappa shape index (κ1) is 13.0. The zero-order valence-corrected chi connectivity index (χ0v) is 11.9. The van der Waals surface area contributed by atoms with Gasteiger partial charge < -0.3 is 5.32 Å². The van der Waals surface area contributed by atoms with Crippen LogP contribution in [0.15, 0.2) is 54.6 Å². The number of anilines is 1. The summed E-state index contributed by atoms with van der Waals surface area (Å²) >= 11 is 0. The van der Waals surface area contributed by atoms with E-state index in [1.54, 1.807) is 6.07 Å². The van der Waals surface area contributed by atoms with Gasteiger partial charge in [-0.15, -0.1) is 0 Å². The highest BCUT2D eigenvalue weighted by atomic mass is 19.1. The van der Waals surface area contributed by atoms with Crippen LogP contribution in [0.25, 0.3) is 10.8 Å². The zero-order chi connectivity index (χ0) is 15.1. The molecule has 0 atom stereocenters. The van der Waals surface area contributed by atoms with Crippen LogP contribution in [0.1, 0.15) is 21.5 Å². The summed E-state index contributed by atoms with van der Waals surface area (Å²) in [6.07, 6.45) is 2.10. The van der Waals surface area contributed by atoms with Crippen LogP contribution in [0.3, 0.4) is 0 Å². The number of hydrogen-bond donors (Lipinski definition) is 1. The Balaban J connectivity index is 1.75. The number of rotatable bonds is 2. The van der Waals surface area contributed by atoms with Crippen LogP contribution in [-0.4, -0.2) is 5.91 Å². The van der Waals surface area contributed by atoms with E-state index < -0.39 is 5.82 Å². The van der Waals surface area contributed by atoms with Gasteiger partial charge in [-0.2, -0.15) is 0 Å². The molecule has 0 heterocycles. The first-order valence-electron chi connectivity index (χ1n) is 7.33. The fraction of sp³-hybridized carbons (Fsp3) is 0.105. The molecule has 1 amide bonds. The molecule has 0 unspecified atom stereocenters. The fourth-order valence-corrected chi connectivity index (χ4v) is 3.18. The molecule has 3 heteroatoms. The van der Waals surface area contributed by atoms with Gasteiger partial charge in [0.1, 0.15) is 5.82 Å². The van der Waals surface area contributed by atoms with Gasteiger partial charge in [0.2, 0.25) is 0 Å². The molecule has 0 saturated heterocycles.